The third-order valence-electron chi connectivity index (χ3n) is 3.75. The maximum atomic E-state index is 12.3. The fourth-order valence-electron chi connectivity index (χ4n) is 2.59. The Kier molecular flexibility index (Phi) is 4.31. The lowest BCUT2D eigenvalue weighted by molar-refractivity contribution is -0.0247. The Bertz CT molecular complexity index is 568. The molecule has 0 spiro atoms. The van der Waals surface area contributed by atoms with Crippen LogP contribution in [0.5, 0.6) is 0 Å². The molecule has 0 bridgehead atoms. The number of rotatable bonds is 4. The highest BCUT2D eigenvalue weighted by Crippen LogP contribution is 2.14. The molecule has 1 unspecified atom stereocenters. The monoisotopic (exact) mass is 285 g/mol. The summed E-state index contributed by atoms with van der Waals surface area (Å²) in [4.78, 5) is 20.9. The molecule has 2 aromatic rings. The highest BCUT2D eigenvalue weighted by atomic mass is 16.5. The summed E-state index contributed by atoms with van der Waals surface area (Å²) in [6.07, 6.45) is 5.09. The van der Waals surface area contributed by atoms with Crippen molar-refractivity contribution in [3.8, 4) is 0 Å². The number of benzene rings is 1. The molecule has 2 heterocycles. The molecule has 1 amide bonds. The Morgan fingerprint density at radius 2 is 2.24 bits per heavy atom. The van der Waals surface area contributed by atoms with Crippen molar-refractivity contribution in [2.24, 2.45) is 0 Å². The number of aryl methyl sites for hydroxylation is 1. The van der Waals surface area contributed by atoms with E-state index in [1.165, 1.54) is 11.9 Å². The van der Waals surface area contributed by atoms with Crippen LogP contribution >= 0.6 is 0 Å². The van der Waals surface area contributed by atoms with Crippen LogP contribution in [0.15, 0.2) is 42.9 Å². The van der Waals surface area contributed by atoms with Gasteiger partial charge < -0.3 is 14.6 Å². The number of ether oxygens (including phenoxy) is 1. The van der Waals surface area contributed by atoms with E-state index >= 15 is 0 Å². The highest BCUT2D eigenvalue weighted by Gasteiger charge is 2.25. The lowest BCUT2D eigenvalue weighted by Gasteiger charge is -2.32. The van der Waals surface area contributed by atoms with Crippen LogP contribution in [0, 0.1) is 0 Å². The molecule has 1 aromatic heterocycles. The molecular weight excluding hydrogens is 266 g/mol. The summed E-state index contributed by atoms with van der Waals surface area (Å²) < 4.78 is 5.78. The van der Waals surface area contributed by atoms with Gasteiger partial charge in [0.05, 0.1) is 25.2 Å². The van der Waals surface area contributed by atoms with Crippen molar-refractivity contribution < 1.29 is 9.53 Å². The third-order valence-corrected chi connectivity index (χ3v) is 3.75. The quantitative estimate of drug-likeness (QED) is 0.933. The second-order valence-electron chi connectivity index (χ2n) is 5.23. The Morgan fingerprint density at radius 3 is 3.00 bits per heavy atom. The number of nitrogens with one attached hydrogen (secondary N) is 1. The number of nitrogens with zero attached hydrogens (tertiary/aromatic N) is 2. The van der Waals surface area contributed by atoms with Crippen molar-refractivity contribution >= 4 is 5.91 Å². The minimum Gasteiger partial charge on any atom is -0.375 e. The fourth-order valence-corrected chi connectivity index (χ4v) is 2.59. The number of imidazole rings is 1. The predicted molar refractivity (Wildman–Crippen MR) is 79.0 cm³/mol. The topological polar surface area (TPSA) is 58.2 Å². The van der Waals surface area contributed by atoms with E-state index in [0.717, 1.165) is 12.8 Å². The molecule has 1 saturated heterocycles. The van der Waals surface area contributed by atoms with Gasteiger partial charge in [0.1, 0.15) is 5.69 Å². The van der Waals surface area contributed by atoms with Gasteiger partial charge in [-0.3, -0.25) is 4.79 Å². The van der Waals surface area contributed by atoms with Gasteiger partial charge in [-0.05, 0) is 18.4 Å². The van der Waals surface area contributed by atoms with Gasteiger partial charge in [-0.2, -0.15) is 0 Å². The number of hydrogen-bond acceptors (Lipinski definition) is 3. The van der Waals surface area contributed by atoms with Gasteiger partial charge in [0.15, 0.2) is 0 Å². The Morgan fingerprint density at radius 1 is 1.38 bits per heavy atom. The molecule has 1 atom stereocenters. The molecule has 5 heteroatoms. The van der Waals surface area contributed by atoms with Crippen LogP contribution in [0.3, 0.4) is 0 Å². The number of carbonyl (C=O) groups is 1. The van der Waals surface area contributed by atoms with Crippen molar-refractivity contribution in [3.05, 3.63) is 54.1 Å². The SMILES string of the molecule is O=C(c1cnc[nH]1)N1CCOC(CCc2ccccc2)C1. The Balaban J connectivity index is 1.55. The third kappa shape index (κ3) is 3.49. The summed E-state index contributed by atoms with van der Waals surface area (Å²) >= 11 is 0. The van der Waals surface area contributed by atoms with Gasteiger partial charge in [0.25, 0.3) is 5.91 Å². The standard InChI is InChI=1S/C16H19N3O2/c20-16(15-10-17-12-18-15)19-8-9-21-14(11-19)7-6-13-4-2-1-3-5-13/h1-5,10,12,14H,6-9,11H2,(H,17,18). The van der Waals surface area contributed by atoms with E-state index in [2.05, 4.69) is 22.1 Å². The van der Waals surface area contributed by atoms with Gasteiger partial charge in [-0.15, -0.1) is 0 Å². The summed E-state index contributed by atoms with van der Waals surface area (Å²) in [5, 5.41) is 0. The zero-order valence-electron chi connectivity index (χ0n) is 11.9. The van der Waals surface area contributed by atoms with Gasteiger partial charge >= 0.3 is 0 Å². The zero-order valence-corrected chi connectivity index (χ0v) is 11.9. The van der Waals surface area contributed by atoms with E-state index < -0.39 is 0 Å². The molecule has 0 saturated carbocycles. The van der Waals surface area contributed by atoms with Gasteiger partial charge in [-0.1, -0.05) is 30.3 Å². The molecule has 1 aliphatic heterocycles. The normalized spacial score (nSPS) is 18.7. The van der Waals surface area contributed by atoms with Crippen molar-refractivity contribution in [2.45, 2.75) is 18.9 Å². The maximum Gasteiger partial charge on any atom is 0.272 e. The molecule has 1 fully saturated rings. The molecular formula is C16H19N3O2. The number of morpholine rings is 1. The largest absolute Gasteiger partial charge is 0.375 e. The molecule has 3 rings (SSSR count). The molecule has 21 heavy (non-hydrogen) atoms. The summed E-state index contributed by atoms with van der Waals surface area (Å²) in [6.45, 7) is 1.88. The van der Waals surface area contributed by atoms with Crippen LogP contribution in [0.2, 0.25) is 0 Å². The van der Waals surface area contributed by atoms with E-state index in [-0.39, 0.29) is 12.0 Å². The molecule has 0 aliphatic carbocycles. The van der Waals surface area contributed by atoms with Crippen LogP contribution in [0.1, 0.15) is 22.5 Å². The molecule has 0 radical (unpaired) electrons. The summed E-state index contributed by atoms with van der Waals surface area (Å²) in [5.41, 5.74) is 1.84. The second-order valence-corrected chi connectivity index (χ2v) is 5.23. The van der Waals surface area contributed by atoms with E-state index in [4.69, 9.17) is 4.74 Å². The molecule has 1 aromatic carbocycles. The molecule has 1 N–H and O–H groups in total. The second kappa shape index (κ2) is 6.54. The molecule has 5 nitrogen and oxygen atoms in total. The van der Waals surface area contributed by atoms with Crippen LogP contribution in [-0.4, -0.2) is 46.6 Å². The lowest BCUT2D eigenvalue weighted by Crippen LogP contribution is -2.45. The van der Waals surface area contributed by atoms with E-state index in [1.54, 1.807) is 6.20 Å². The van der Waals surface area contributed by atoms with Crippen molar-refractivity contribution in [1.82, 2.24) is 14.9 Å². The first-order chi connectivity index (χ1) is 10.3. The highest BCUT2D eigenvalue weighted by molar-refractivity contribution is 5.92. The predicted octanol–water partition coefficient (Wildman–Crippen LogP) is 1.88. The van der Waals surface area contributed by atoms with Crippen LogP contribution < -0.4 is 0 Å². The van der Waals surface area contributed by atoms with Crippen LogP contribution in [0.4, 0.5) is 0 Å². The molecule has 110 valence electrons. The van der Waals surface area contributed by atoms with Crippen molar-refractivity contribution in [2.75, 3.05) is 19.7 Å². The minimum absolute atomic E-state index is 0.000473. The van der Waals surface area contributed by atoms with Gasteiger partial charge in [0, 0.05) is 13.1 Å². The number of H-pyrrole nitrogens is 1. The fraction of sp³-hybridized carbons (Fsp3) is 0.375. The van der Waals surface area contributed by atoms with Crippen LogP contribution in [-0.2, 0) is 11.2 Å². The van der Waals surface area contributed by atoms with Gasteiger partial charge in [0.2, 0.25) is 0 Å². The first-order valence-corrected chi connectivity index (χ1v) is 7.26. The average molecular weight is 285 g/mol. The van der Waals surface area contributed by atoms with Crippen molar-refractivity contribution in [3.63, 3.8) is 0 Å². The lowest BCUT2D eigenvalue weighted by atomic mass is 10.1. The van der Waals surface area contributed by atoms with Crippen LogP contribution in [0.25, 0.3) is 0 Å². The van der Waals surface area contributed by atoms with E-state index in [9.17, 15) is 4.79 Å². The smallest absolute Gasteiger partial charge is 0.272 e. The first kappa shape index (κ1) is 13.8. The summed E-state index contributed by atoms with van der Waals surface area (Å²) in [5.74, 6) is 0.000473. The van der Waals surface area contributed by atoms with Crippen molar-refractivity contribution in [1.29, 1.82) is 0 Å². The van der Waals surface area contributed by atoms with Gasteiger partial charge in [-0.25, -0.2) is 4.98 Å². The van der Waals surface area contributed by atoms with E-state index in [1.807, 2.05) is 23.1 Å². The number of aromatic nitrogens is 2. The number of aromatic amines is 1. The number of carbonyl (C=O) groups excluding carboxylic acids is 1. The average Bonchev–Trinajstić information content (AvgIpc) is 3.08. The summed E-state index contributed by atoms with van der Waals surface area (Å²) in [7, 11) is 0. The van der Waals surface area contributed by atoms with E-state index in [0.29, 0.717) is 25.4 Å². The zero-order chi connectivity index (χ0) is 14.5. The maximum absolute atomic E-state index is 12.3. The Labute approximate surface area is 124 Å². The number of hydrogen-bond donors (Lipinski definition) is 1. The molecule has 1 aliphatic rings. The Hall–Kier alpha value is -2.14. The summed E-state index contributed by atoms with van der Waals surface area (Å²) in [6, 6.07) is 10.4. The number of amides is 1. The minimum atomic E-state index is 0.000473. The first-order valence-electron chi connectivity index (χ1n) is 7.26.